The summed E-state index contributed by atoms with van der Waals surface area (Å²) >= 11 is 0. The maximum atomic E-state index is 10.1. The summed E-state index contributed by atoms with van der Waals surface area (Å²) in [6.45, 7) is 0.717. The van der Waals surface area contributed by atoms with Crippen molar-refractivity contribution in [3.63, 3.8) is 0 Å². The van der Waals surface area contributed by atoms with Gasteiger partial charge < -0.3 is 9.84 Å². The van der Waals surface area contributed by atoms with Crippen molar-refractivity contribution < 1.29 is 9.84 Å². The van der Waals surface area contributed by atoms with E-state index < -0.39 is 6.10 Å². The zero-order valence-electron chi connectivity index (χ0n) is 8.89. The molecule has 0 aliphatic carbocycles. The molecule has 0 amide bonds. The molecular formula is C13H13NO2. The highest BCUT2D eigenvalue weighted by molar-refractivity contribution is 5.36. The summed E-state index contributed by atoms with van der Waals surface area (Å²) in [5, 5.41) is 18.9. The van der Waals surface area contributed by atoms with Gasteiger partial charge in [0.05, 0.1) is 24.5 Å². The van der Waals surface area contributed by atoms with Crippen molar-refractivity contribution in [2.75, 3.05) is 6.61 Å². The van der Waals surface area contributed by atoms with E-state index in [1.807, 2.05) is 6.07 Å². The monoisotopic (exact) mass is 215 g/mol. The van der Waals surface area contributed by atoms with Crippen molar-refractivity contribution in [3.8, 4) is 6.07 Å². The molecule has 3 heteroatoms. The van der Waals surface area contributed by atoms with E-state index in [9.17, 15) is 5.11 Å². The molecule has 1 aliphatic heterocycles. The summed E-state index contributed by atoms with van der Waals surface area (Å²) in [7, 11) is 0. The highest BCUT2D eigenvalue weighted by atomic mass is 16.5. The zero-order valence-corrected chi connectivity index (χ0v) is 8.89. The van der Waals surface area contributed by atoms with Gasteiger partial charge in [-0.15, -0.1) is 0 Å². The lowest BCUT2D eigenvalue weighted by Crippen LogP contribution is -2.07. The molecule has 2 rings (SSSR count). The molecule has 16 heavy (non-hydrogen) atoms. The van der Waals surface area contributed by atoms with Crippen molar-refractivity contribution in [1.82, 2.24) is 0 Å². The van der Waals surface area contributed by atoms with Gasteiger partial charge in [0.2, 0.25) is 0 Å². The second kappa shape index (κ2) is 4.82. The molecule has 0 saturated carbocycles. The fourth-order valence-electron chi connectivity index (χ4n) is 1.78. The van der Waals surface area contributed by atoms with E-state index in [2.05, 4.69) is 6.07 Å². The Balaban J connectivity index is 2.23. The van der Waals surface area contributed by atoms with Crippen LogP contribution in [0.25, 0.3) is 0 Å². The molecule has 1 unspecified atom stereocenters. The molecule has 0 bridgehead atoms. The number of aliphatic hydroxyl groups is 1. The van der Waals surface area contributed by atoms with Gasteiger partial charge in [-0.2, -0.15) is 5.26 Å². The Morgan fingerprint density at radius 3 is 3.00 bits per heavy atom. The van der Waals surface area contributed by atoms with E-state index in [-0.39, 0.29) is 0 Å². The van der Waals surface area contributed by atoms with Crippen LogP contribution in [0.15, 0.2) is 36.1 Å². The van der Waals surface area contributed by atoms with E-state index in [0.717, 1.165) is 24.0 Å². The third-order valence-electron chi connectivity index (χ3n) is 2.65. The van der Waals surface area contributed by atoms with Gasteiger partial charge in [-0.1, -0.05) is 12.1 Å². The van der Waals surface area contributed by atoms with E-state index in [1.165, 1.54) is 0 Å². The van der Waals surface area contributed by atoms with Crippen LogP contribution in [-0.2, 0) is 4.74 Å². The van der Waals surface area contributed by atoms with Crippen LogP contribution < -0.4 is 0 Å². The third-order valence-corrected chi connectivity index (χ3v) is 2.65. The zero-order chi connectivity index (χ0) is 11.4. The Hall–Kier alpha value is -1.79. The maximum Gasteiger partial charge on any atom is 0.103 e. The molecule has 1 aromatic rings. The lowest BCUT2D eigenvalue weighted by atomic mass is 9.97. The fraction of sp³-hybridized carbons (Fsp3) is 0.308. The number of aliphatic hydroxyl groups excluding tert-OH is 1. The third kappa shape index (κ3) is 2.23. The van der Waals surface area contributed by atoms with Crippen molar-refractivity contribution in [2.24, 2.45) is 0 Å². The van der Waals surface area contributed by atoms with Gasteiger partial charge in [0.1, 0.15) is 6.10 Å². The van der Waals surface area contributed by atoms with Gasteiger partial charge in [-0.05, 0) is 36.1 Å². The first-order chi connectivity index (χ1) is 7.81. The molecule has 1 heterocycles. The number of ether oxygens (including phenoxy) is 1. The first-order valence-electron chi connectivity index (χ1n) is 5.30. The first-order valence-corrected chi connectivity index (χ1v) is 5.30. The Kier molecular flexibility index (Phi) is 3.23. The Morgan fingerprint density at radius 1 is 1.44 bits per heavy atom. The largest absolute Gasteiger partial charge is 0.501 e. The summed E-state index contributed by atoms with van der Waals surface area (Å²) in [5.41, 5.74) is 2.19. The molecule has 0 saturated heterocycles. The molecule has 0 aromatic heterocycles. The van der Waals surface area contributed by atoms with Gasteiger partial charge in [0, 0.05) is 0 Å². The predicted molar refractivity (Wildman–Crippen MR) is 59.4 cm³/mol. The van der Waals surface area contributed by atoms with Crippen LogP contribution >= 0.6 is 0 Å². The maximum absolute atomic E-state index is 10.1. The summed E-state index contributed by atoms with van der Waals surface area (Å²) < 4.78 is 5.19. The molecule has 1 N–H and O–H groups in total. The predicted octanol–water partition coefficient (Wildman–Crippen LogP) is 2.29. The lowest BCUT2D eigenvalue weighted by molar-refractivity contribution is 0.170. The van der Waals surface area contributed by atoms with E-state index >= 15 is 0 Å². The summed E-state index contributed by atoms with van der Waals surface area (Å²) in [4.78, 5) is 0. The second-order valence-electron chi connectivity index (χ2n) is 3.81. The number of rotatable bonds is 2. The normalized spacial score (nSPS) is 16.9. The fourth-order valence-corrected chi connectivity index (χ4v) is 1.78. The molecule has 1 aliphatic rings. The minimum atomic E-state index is -0.659. The average Bonchev–Trinajstić information content (AvgIpc) is 2.39. The molecule has 0 spiro atoms. The Labute approximate surface area is 94.6 Å². The highest BCUT2D eigenvalue weighted by Gasteiger charge is 2.16. The molecule has 3 nitrogen and oxygen atoms in total. The van der Waals surface area contributed by atoms with Crippen molar-refractivity contribution in [3.05, 3.63) is 47.2 Å². The molecular weight excluding hydrogens is 202 g/mol. The average molecular weight is 215 g/mol. The van der Waals surface area contributed by atoms with Crippen LogP contribution in [0.1, 0.15) is 30.1 Å². The number of benzene rings is 1. The Bertz CT molecular complexity index is 445. The standard InChI is InChI=1S/C13H13NO2/c14-8-10-3-1-4-11(7-10)13(15)12-5-2-6-16-9-12/h1,3-4,7,9,13,15H,2,5-6H2. The topological polar surface area (TPSA) is 53.2 Å². The molecule has 0 fully saturated rings. The number of nitrogens with zero attached hydrogens (tertiary/aromatic N) is 1. The number of nitriles is 1. The van der Waals surface area contributed by atoms with Gasteiger partial charge in [-0.3, -0.25) is 0 Å². The quantitative estimate of drug-likeness (QED) is 0.823. The Morgan fingerprint density at radius 2 is 2.31 bits per heavy atom. The van der Waals surface area contributed by atoms with E-state index in [4.69, 9.17) is 10.00 Å². The van der Waals surface area contributed by atoms with Crippen LogP contribution in [0.3, 0.4) is 0 Å². The van der Waals surface area contributed by atoms with Crippen molar-refractivity contribution in [2.45, 2.75) is 18.9 Å². The molecule has 82 valence electrons. The van der Waals surface area contributed by atoms with Crippen LogP contribution in [0, 0.1) is 11.3 Å². The minimum absolute atomic E-state index is 0.564. The molecule has 1 atom stereocenters. The van der Waals surface area contributed by atoms with Crippen LogP contribution in [-0.4, -0.2) is 11.7 Å². The smallest absolute Gasteiger partial charge is 0.103 e. The summed E-state index contributed by atoms with van der Waals surface area (Å²) in [5.74, 6) is 0. The number of hydrogen-bond donors (Lipinski definition) is 1. The molecule has 1 aromatic carbocycles. The van der Waals surface area contributed by atoms with Crippen LogP contribution in [0.5, 0.6) is 0 Å². The summed E-state index contributed by atoms with van der Waals surface area (Å²) in [6, 6.07) is 9.10. The second-order valence-corrected chi connectivity index (χ2v) is 3.81. The SMILES string of the molecule is N#Cc1cccc(C(O)C2=COCCC2)c1. The van der Waals surface area contributed by atoms with E-state index in [1.54, 1.807) is 24.5 Å². The molecule has 0 radical (unpaired) electrons. The van der Waals surface area contributed by atoms with Gasteiger partial charge in [0.15, 0.2) is 0 Å². The van der Waals surface area contributed by atoms with Gasteiger partial charge >= 0.3 is 0 Å². The van der Waals surface area contributed by atoms with Crippen molar-refractivity contribution >= 4 is 0 Å². The van der Waals surface area contributed by atoms with Gasteiger partial charge in [0.25, 0.3) is 0 Å². The van der Waals surface area contributed by atoms with Crippen molar-refractivity contribution in [1.29, 1.82) is 5.26 Å². The minimum Gasteiger partial charge on any atom is -0.501 e. The number of hydrogen-bond acceptors (Lipinski definition) is 3. The first kappa shape index (κ1) is 10.7. The van der Waals surface area contributed by atoms with Gasteiger partial charge in [-0.25, -0.2) is 0 Å². The summed E-state index contributed by atoms with van der Waals surface area (Å²) in [6.07, 6.45) is 2.75. The van der Waals surface area contributed by atoms with Crippen LogP contribution in [0.4, 0.5) is 0 Å². The van der Waals surface area contributed by atoms with E-state index in [0.29, 0.717) is 12.2 Å². The van der Waals surface area contributed by atoms with Crippen LogP contribution in [0.2, 0.25) is 0 Å². The lowest BCUT2D eigenvalue weighted by Gasteiger charge is -2.19. The highest BCUT2D eigenvalue weighted by Crippen LogP contribution is 2.27.